The van der Waals surface area contributed by atoms with Crippen molar-refractivity contribution >= 4 is 0 Å². The Morgan fingerprint density at radius 2 is 2.35 bits per heavy atom. The molecule has 1 N–H and O–H groups in total. The van der Waals surface area contributed by atoms with Crippen LogP contribution in [0.15, 0.2) is 4.52 Å². The van der Waals surface area contributed by atoms with Crippen molar-refractivity contribution < 1.29 is 9.26 Å². The first-order valence-electron chi connectivity index (χ1n) is 6.50. The van der Waals surface area contributed by atoms with Gasteiger partial charge in [-0.05, 0) is 32.7 Å². The van der Waals surface area contributed by atoms with Gasteiger partial charge in [0, 0.05) is 0 Å². The average molecular weight is 237 g/mol. The van der Waals surface area contributed by atoms with Gasteiger partial charge < -0.3 is 14.6 Å². The summed E-state index contributed by atoms with van der Waals surface area (Å²) in [6.07, 6.45) is 4.14. The summed E-state index contributed by atoms with van der Waals surface area (Å²) < 4.78 is 11.1. The van der Waals surface area contributed by atoms with Crippen LogP contribution in [-0.4, -0.2) is 28.9 Å². The number of fused-ring (bicyclic) bond motifs is 2. The maximum atomic E-state index is 5.82. The molecule has 5 nitrogen and oxygen atoms in total. The van der Waals surface area contributed by atoms with E-state index in [1.165, 1.54) is 6.42 Å². The molecule has 5 heteroatoms. The number of nitrogens with one attached hydrogen (secondary N) is 1. The van der Waals surface area contributed by atoms with Gasteiger partial charge in [-0.15, -0.1) is 0 Å². The second-order valence-corrected chi connectivity index (χ2v) is 4.99. The Balaban J connectivity index is 1.72. The van der Waals surface area contributed by atoms with Gasteiger partial charge >= 0.3 is 0 Å². The second-order valence-electron chi connectivity index (χ2n) is 4.99. The molecule has 0 radical (unpaired) electrons. The van der Waals surface area contributed by atoms with Gasteiger partial charge in [0.15, 0.2) is 5.82 Å². The Hall–Kier alpha value is -0.940. The number of aromatic nitrogens is 2. The molecular weight excluding hydrogens is 218 g/mol. The molecule has 1 aromatic heterocycles. The molecule has 2 bridgehead atoms. The van der Waals surface area contributed by atoms with Gasteiger partial charge in [0.2, 0.25) is 5.89 Å². The van der Waals surface area contributed by atoms with Gasteiger partial charge in [-0.3, -0.25) is 0 Å². The molecule has 94 valence electrons. The Morgan fingerprint density at radius 3 is 3.00 bits per heavy atom. The van der Waals surface area contributed by atoms with E-state index in [9.17, 15) is 0 Å². The van der Waals surface area contributed by atoms with Crippen molar-refractivity contribution in [3.63, 3.8) is 0 Å². The summed E-state index contributed by atoms with van der Waals surface area (Å²) in [6, 6.07) is 0.126. The highest BCUT2D eigenvalue weighted by atomic mass is 16.5. The minimum Gasteiger partial charge on any atom is -0.374 e. The normalized spacial score (nSPS) is 33.2. The van der Waals surface area contributed by atoms with Gasteiger partial charge in [-0.2, -0.15) is 4.98 Å². The standard InChI is InChI=1S/C12H19N3O2/c1-3-13-7(2)12-14-11(15-17-12)9-6-8-4-5-10(9)16-8/h7-10,13H,3-6H2,1-2H3. The van der Waals surface area contributed by atoms with Gasteiger partial charge in [-0.1, -0.05) is 12.1 Å². The van der Waals surface area contributed by atoms with Crippen molar-refractivity contribution in [2.24, 2.45) is 0 Å². The lowest BCUT2D eigenvalue weighted by Crippen LogP contribution is -2.19. The summed E-state index contributed by atoms with van der Waals surface area (Å²) in [7, 11) is 0. The van der Waals surface area contributed by atoms with E-state index in [1.54, 1.807) is 0 Å². The van der Waals surface area contributed by atoms with E-state index >= 15 is 0 Å². The van der Waals surface area contributed by atoms with E-state index < -0.39 is 0 Å². The molecule has 2 aliphatic rings. The monoisotopic (exact) mass is 237 g/mol. The lowest BCUT2D eigenvalue weighted by Gasteiger charge is -2.13. The highest BCUT2D eigenvalue weighted by molar-refractivity contribution is 5.07. The van der Waals surface area contributed by atoms with Crippen molar-refractivity contribution in [3.8, 4) is 0 Å². The first-order valence-corrected chi connectivity index (χ1v) is 6.50. The first-order chi connectivity index (χ1) is 8.28. The molecule has 17 heavy (non-hydrogen) atoms. The molecule has 4 unspecified atom stereocenters. The fraction of sp³-hybridized carbons (Fsp3) is 0.833. The Bertz CT molecular complexity index is 393. The van der Waals surface area contributed by atoms with Crippen LogP contribution in [0, 0.1) is 0 Å². The molecule has 2 fully saturated rings. The van der Waals surface area contributed by atoms with Gasteiger partial charge in [-0.25, -0.2) is 0 Å². The Kier molecular flexibility index (Phi) is 2.88. The quantitative estimate of drug-likeness (QED) is 0.864. The largest absolute Gasteiger partial charge is 0.374 e. The third kappa shape index (κ3) is 1.98. The van der Waals surface area contributed by atoms with E-state index in [4.69, 9.17) is 9.26 Å². The summed E-state index contributed by atoms with van der Waals surface area (Å²) in [5.74, 6) is 1.86. The minimum absolute atomic E-state index is 0.126. The molecule has 2 saturated heterocycles. The van der Waals surface area contributed by atoms with Gasteiger partial charge in [0.05, 0.1) is 24.2 Å². The van der Waals surface area contributed by atoms with Crippen LogP contribution < -0.4 is 5.32 Å². The predicted octanol–water partition coefficient (Wildman–Crippen LogP) is 1.77. The molecule has 2 aliphatic heterocycles. The molecule has 0 aliphatic carbocycles. The van der Waals surface area contributed by atoms with Crippen molar-refractivity contribution in [2.75, 3.05) is 6.54 Å². The maximum Gasteiger partial charge on any atom is 0.243 e. The maximum absolute atomic E-state index is 5.82. The zero-order chi connectivity index (χ0) is 11.8. The first kappa shape index (κ1) is 11.2. The Labute approximate surface area is 101 Å². The molecule has 3 heterocycles. The van der Waals surface area contributed by atoms with Crippen LogP contribution in [0.4, 0.5) is 0 Å². The van der Waals surface area contributed by atoms with Crippen LogP contribution in [0.25, 0.3) is 0 Å². The SMILES string of the molecule is CCNC(C)c1nc(C2CC3CCC2O3)no1. The van der Waals surface area contributed by atoms with Crippen molar-refractivity contribution in [2.45, 2.75) is 57.3 Å². The van der Waals surface area contributed by atoms with Crippen LogP contribution in [0.2, 0.25) is 0 Å². The summed E-state index contributed by atoms with van der Waals surface area (Å²) >= 11 is 0. The van der Waals surface area contributed by atoms with E-state index in [2.05, 4.69) is 22.4 Å². The van der Waals surface area contributed by atoms with Gasteiger partial charge in [0.25, 0.3) is 0 Å². The third-order valence-corrected chi connectivity index (χ3v) is 3.78. The Morgan fingerprint density at radius 1 is 1.47 bits per heavy atom. The van der Waals surface area contributed by atoms with Gasteiger partial charge in [0.1, 0.15) is 0 Å². The third-order valence-electron chi connectivity index (χ3n) is 3.78. The summed E-state index contributed by atoms with van der Waals surface area (Å²) in [5, 5.41) is 7.39. The average Bonchev–Trinajstić information content (AvgIpc) is 3.05. The van der Waals surface area contributed by atoms with E-state index in [0.717, 1.165) is 25.2 Å². The molecule has 0 aromatic carbocycles. The summed E-state index contributed by atoms with van der Waals surface area (Å²) in [4.78, 5) is 4.51. The zero-order valence-corrected chi connectivity index (χ0v) is 10.3. The van der Waals surface area contributed by atoms with Crippen molar-refractivity contribution in [1.29, 1.82) is 0 Å². The molecular formula is C12H19N3O2. The van der Waals surface area contributed by atoms with Crippen LogP contribution in [0.5, 0.6) is 0 Å². The zero-order valence-electron chi connectivity index (χ0n) is 10.3. The van der Waals surface area contributed by atoms with Crippen LogP contribution in [-0.2, 0) is 4.74 Å². The molecule has 3 rings (SSSR count). The highest BCUT2D eigenvalue weighted by Crippen LogP contribution is 2.43. The van der Waals surface area contributed by atoms with Crippen LogP contribution in [0.1, 0.15) is 56.8 Å². The number of rotatable bonds is 4. The van der Waals surface area contributed by atoms with Crippen LogP contribution in [0.3, 0.4) is 0 Å². The fourth-order valence-electron chi connectivity index (χ4n) is 2.88. The van der Waals surface area contributed by atoms with Crippen molar-refractivity contribution in [3.05, 3.63) is 11.7 Å². The lowest BCUT2D eigenvalue weighted by molar-refractivity contribution is 0.0996. The molecule has 0 saturated carbocycles. The number of nitrogens with zero attached hydrogens (tertiary/aromatic N) is 2. The summed E-state index contributed by atoms with van der Waals surface area (Å²) in [5.41, 5.74) is 0. The smallest absolute Gasteiger partial charge is 0.243 e. The molecule has 0 amide bonds. The molecule has 0 spiro atoms. The highest BCUT2D eigenvalue weighted by Gasteiger charge is 2.43. The minimum atomic E-state index is 0.126. The molecule has 1 aromatic rings. The van der Waals surface area contributed by atoms with Crippen LogP contribution >= 0.6 is 0 Å². The predicted molar refractivity (Wildman–Crippen MR) is 61.6 cm³/mol. The number of hydrogen-bond acceptors (Lipinski definition) is 5. The number of hydrogen-bond donors (Lipinski definition) is 1. The van der Waals surface area contributed by atoms with E-state index in [-0.39, 0.29) is 6.04 Å². The van der Waals surface area contributed by atoms with Crippen molar-refractivity contribution in [1.82, 2.24) is 15.5 Å². The lowest BCUT2D eigenvalue weighted by atomic mass is 9.89. The fourth-order valence-corrected chi connectivity index (χ4v) is 2.88. The number of ether oxygens (including phenoxy) is 1. The van der Waals surface area contributed by atoms with E-state index in [0.29, 0.717) is 24.0 Å². The second kappa shape index (κ2) is 4.38. The van der Waals surface area contributed by atoms with E-state index in [1.807, 2.05) is 6.92 Å². The topological polar surface area (TPSA) is 60.2 Å². The molecule has 4 atom stereocenters. The summed E-state index contributed by atoms with van der Waals surface area (Å²) in [6.45, 7) is 5.01.